The number of allylic oxidation sites excluding steroid dienone is 1. The number of carbonyl (C=O) groups is 2. The number of nitriles is 1. The van der Waals surface area contributed by atoms with Crippen LogP contribution in [0.5, 0.6) is 0 Å². The molecule has 0 saturated heterocycles. The number of aryl methyl sites for hydroxylation is 1. The highest BCUT2D eigenvalue weighted by atomic mass is 35.5. The molecule has 1 heterocycles. The maximum atomic E-state index is 12.4. The Morgan fingerprint density at radius 2 is 2.00 bits per heavy atom. The zero-order chi connectivity index (χ0) is 21.0. The van der Waals surface area contributed by atoms with Crippen molar-refractivity contribution in [3.05, 3.63) is 61.5 Å². The van der Waals surface area contributed by atoms with Gasteiger partial charge in [-0.15, -0.1) is 0 Å². The average Bonchev–Trinajstić information content (AvgIpc) is 2.89. The van der Waals surface area contributed by atoms with Gasteiger partial charge in [-0.2, -0.15) is 10.4 Å². The van der Waals surface area contributed by atoms with Gasteiger partial charge < -0.3 is 10.5 Å². The Kier molecular flexibility index (Phi) is 7.08. The Morgan fingerprint density at radius 3 is 2.57 bits per heavy atom. The summed E-state index contributed by atoms with van der Waals surface area (Å²) in [6.07, 6.45) is 0. The van der Waals surface area contributed by atoms with Gasteiger partial charge in [0.1, 0.15) is 22.4 Å². The van der Waals surface area contributed by atoms with E-state index < -0.39 is 18.4 Å². The van der Waals surface area contributed by atoms with Crippen molar-refractivity contribution in [3.63, 3.8) is 0 Å². The number of ether oxygens (including phenoxy) is 1. The summed E-state index contributed by atoms with van der Waals surface area (Å²) in [5.74, 6) is -1.54. The number of ketones is 1. The van der Waals surface area contributed by atoms with E-state index in [0.29, 0.717) is 21.3 Å². The lowest BCUT2D eigenvalue weighted by Gasteiger charge is -2.07. The van der Waals surface area contributed by atoms with Gasteiger partial charge in [-0.1, -0.05) is 40.9 Å². The van der Waals surface area contributed by atoms with Gasteiger partial charge in [-0.05, 0) is 31.5 Å². The molecule has 0 aliphatic carbocycles. The Balaban J connectivity index is 2.19. The van der Waals surface area contributed by atoms with Crippen molar-refractivity contribution in [2.24, 2.45) is 5.73 Å². The highest BCUT2D eigenvalue weighted by molar-refractivity contribution is 6.35. The fourth-order valence-corrected chi connectivity index (χ4v) is 3.13. The highest BCUT2D eigenvalue weighted by Gasteiger charge is 2.23. The third kappa shape index (κ3) is 4.84. The van der Waals surface area contributed by atoms with Gasteiger partial charge in [0.2, 0.25) is 5.78 Å². The summed E-state index contributed by atoms with van der Waals surface area (Å²) in [5.41, 5.74) is 6.28. The molecule has 0 unspecified atom stereocenters. The molecule has 28 heavy (non-hydrogen) atoms. The molecule has 0 atom stereocenters. The molecule has 10 heteroatoms. The van der Waals surface area contributed by atoms with E-state index in [2.05, 4.69) is 5.10 Å². The summed E-state index contributed by atoms with van der Waals surface area (Å²) in [6.45, 7) is 2.55. The molecule has 1 aromatic carbocycles. The van der Waals surface area contributed by atoms with Crippen LogP contribution in [-0.4, -0.2) is 28.1 Å². The molecule has 0 saturated carbocycles. The van der Waals surface area contributed by atoms with Crippen LogP contribution in [0, 0.1) is 18.3 Å². The first-order valence-corrected chi connectivity index (χ1v) is 9.02. The summed E-state index contributed by atoms with van der Waals surface area (Å²) < 4.78 is 6.36. The first-order chi connectivity index (χ1) is 13.1. The van der Waals surface area contributed by atoms with Crippen molar-refractivity contribution in [3.8, 4) is 6.07 Å². The second-order valence-electron chi connectivity index (χ2n) is 5.81. The van der Waals surface area contributed by atoms with E-state index in [1.54, 1.807) is 31.2 Å². The number of benzene rings is 1. The molecule has 0 spiro atoms. The second-order valence-corrected chi connectivity index (χ2v) is 7.02. The maximum Gasteiger partial charge on any atom is 0.343 e. The third-order valence-electron chi connectivity index (χ3n) is 3.72. The molecule has 0 fully saturated rings. The summed E-state index contributed by atoms with van der Waals surface area (Å²) in [5, 5.41) is 14.1. The van der Waals surface area contributed by atoms with Crippen LogP contribution in [0.3, 0.4) is 0 Å². The monoisotopic (exact) mass is 440 g/mol. The maximum absolute atomic E-state index is 12.4. The number of rotatable bonds is 6. The largest absolute Gasteiger partial charge is 0.454 e. The predicted molar refractivity (Wildman–Crippen MR) is 105 cm³/mol. The van der Waals surface area contributed by atoms with Gasteiger partial charge in [-0.3, -0.25) is 4.79 Å². The first kappa shape index (κ1) is 21.8. The van der Waals surface area contributed by atoms with Crippen molar-refractivity contribution < 1.29 is 14.3 Å². The lowest BCUT2D eigenvalue weighted by Crippen LogP contribution is -2.18. The molecule has 0 aliphatic heterocycles. The molecular formula is C18H15Cl3N4O3. The SMILES string of the molecule is C/C(N)=C(/C#N)C(=O)COC(=O)c1c(C)nn(Cc2ccc(Cl)cc2Cl)c1Cl. The van der Waals surface area contributed by atoms with Gasteiger partial charge in [0.15, 0.2) is 6.61 Å². The van der Waals surface area contributed by atoms with Crippen LogP contribution >= 0.6 is 34.8 Å². The topological polar surface area (TPSA) is 111 Å². The van der Waals surface area contributed by atoms with Crippen LogP contribution in [0.1, 0.15) is 28.5 Å². The van der Waals surface area contributed by atoms with Crippen molar-refractivity contribution in [2.45, 2.75) is 20.4 Å². The number of aromatic nitrogens is 2. The smallest absolute Gasteiger partial charge is 0.343 e. The zero-order valence-electron chi connectivity index (χ0n) is 14.9. The van der Waals surface area contributed by atoms with Gasteiger partial charge in [0.05, 0.1) is 12.2 Å². The highest BCUT2D eigenvalue weighted by Crippen LogP contribution is 2.26. The molecule has 0 bridgehead atoms. The first-order valence-electron chi connectivity index (χ1n) is 7.89. The Hall–Kier alpha value is -2.53. The molecule has 2 N–H and O–H groups in total. The minimum atomic E-state index is -0.837. The van der Waals surface area contributed by atoms with Crippen LogP contribution in [0.4, 0.5) is 0 Å². The molecule has 7 nitrogen and oxygen atoms in total. The van der Waals surface area contributed by atoms with Gasteiger partial charge in [0, 0.05) is 15.7 Å². The van der Waals surface area contributed by atoms with E-state index >= 15 is 0 Å². The molecule has 0 radical (unpaired) electrons. The quantitative estimate of drug-likeness (QED) is 0.416. The fourth-order valence-electron chi connectivity index (χ4n) is 2.35. The van der Waals surface area contributed by atoms with E-state index in [9.17, 15) is 9.59 Å². The predicted octanol–water partition coefficient (Wildman–Crippen LogP) is 3.68. The van der Waals surface area contributed by atoms with Crippen molar-refractivity contribution >= 4 is 46.6 Å². The third-order valence-corrected chi connectivity index (χ3v) is 4.70. The normalized spacial score (nSPS) is 11.6. The van der Waals surface area contributed by atoms with Crippen molar-refractivity contribution in [1.82, 2.24) is 9.78 Å². The number of halogens is 3. The van der Waals surface area contributed by atoms with Crippen LogP contribution < -0.4 is 5.73 Å². The lowest BCUT2D eigenvalue weighted by molar-refractivity contribution is -0.118. The zero-order valence-corrected chi connectivity index (χ0v) is 17.2. The minimum Gasteiger partial charge on any atom is -0.454 e. The van der Waals surface area contributed by atoms with Crippen molar-refractivity contribution in [2.75, 3.05) is 6.61 Å². The summed E-state index contributed by atoms with van der Waals surface area (Å²) >= 11 is 18.3. The average molecular weight is 442 g/mol. The van der Waals surface area contributed by atoms with Crippen LogP contribution in [-0.2, 0) is 16.1 Å². The molecule has 1 aromatic heterocycles. The number of hydrogen-bond acceptors (Lipinski definition) is 6. The number of nitrogens with two attached hydrogens (primary N) is 1. The van der Waals surface area contributed by atoms with E-state index in [4.69, 9.17) is 50.5 Å². The molecule has 2 rings (SSSR count). The minimum absolute atomic E-state index is 0.0199. The second kappa shape index (κ2) is 9.11. The number of carbonyl (C=O) groups excluding carboxylic acids is 2. The van der Waals surface area contributed by atoms with E-state index in [-0.39, 0.29) is 28.5 Å². The van der Waals surface area contributed by atoms with Gasteiger partial charge in [0.25, 0.3) is 0 Å². The Morgan fingerprint density at radius 1 is 1.32 bits per heavy atom. The van der Waals surface area contributed by atoms with E-state index in [1.165, 1.54) is 11.6 Å². The number of hydrogen-bond donors (Lipinski definition) is 1. The van der Waals surface area contributed by atoms with E-state index in [0.717, 1.165) is 0 Å². The lowest BCUT2D eigenvalue weighted by atomic mass is 10.1. The standard InChI is InChI=1S/C18H15Cl3N4O3/c1-9(23)13(6-22)15(26)8-28-18(27)16-10(2)24-25(17(16)21)7-11-3-4-12(19)5-14(11)20/h3-5H,7-8,23H2,1-2H3/b13-9+. The van der Waals surface area contributed by atoms with Crippen LogP contribution in [0.25, 0.3) is 0 Å². The number of esters is 1. The van der Waals surface area contributed by atoms with Gasteiger partial charge >= 0.3 is 5.97 Å². The summed E-state index contributed by atoms with van der Waals surface area (Å²) in [7, 11) is 0. The fraction of sp³-hybridized carbons (Fsp3) is 0.222. The number of Topliss-reactive ketones (excluding diaryl/α,β-unsaturated/α-hetero) is 1. The van der Waals surface area contributed by atoms with Crippen LogP contribution in [0.15, 0.2) is 29.5 Å². The Bertz CT molecular complexity index is 1020. The summed E-state index contributed by atoms with van der Waals surface area (Å²) in [6, 6.07) is 6.66. The molecule has 146 valence electrons. The van der Waals surface area contributed by atoms with Gasteiger partial charge in [-0.25, -0.2) is 9.48 Å². The van der Waals surface area contributed by atoms with Crippen LogP contribution in [0.2, 0.25) is 15.2 Å². The molecule has 2 aromatic rings. The molecular weight excluding hydrogens is 427 g/mol. The molecule has 0 amide bonds. The number of nitrogens with zero attached hydrogens (tertiary/aromatic N) is 3. The van der Waals surface area contributed by atoms with Crippen molar-refractivity contribution in [1.29, 1.82) is 5.26 Å². The molecule has 0 aliphatic rings. The Labute approximate surface area is 176 Å². The van der Waals surface area contributed by atoms with E-state index in [1.807, 2.05) is 0 Å². The summed E-state index contributed by atoms with van der Waals surface area (Å²) in [4.78, 5) is 24.3.